The Morgan fingerprint density at radius 1 is 1.08 bits per heavy atom. The molecule has 3 fully saturated rings. The molecule has 3 aliphatic rings. The Labute approximate surface area is 221 Å². The number of amides is 1. The zero-order valence-corrected chi connectivity index (χ0v) is 21.6. The third-order valence-electron chi connectivity index (χ3n) is 8.63. The van der Waals surface area contributed by atoms with E-state index in [0.29, 0.717) is 19.4 Å². The van der Waals surface area contributed by atoms with E-state index in [9.17, 15) is 18.0 Å². The molecule has 3 aliphatic heterocycles. The predicted molar refractivity (Wildman–Crippen MR) is 136 cm³/mol. The average Bonchev–Trinajstić information content (AvgIpc) is 2.89. The number of rotatable bonds is 7. The van der Waals surface area contributed by atoms with Gasteiger partial charge >= 0.3 is 6.18 Å². The number of carbonyl (C=O) groups excluding carboxylic acids is 1. The van der Waals surface area contributed by atoms with Gasteiger partial charge < -0.3 is 24.4 Å². The third-order valence-corrected chi connectivity index (χ3v) is 8.63. The molecule has 3 heterocycles. The SMILES string of the molecule is CO[C@@](C(=O)N1CCC2(CCNCC2c2ccccc2OCC2CCO2)CC1)(c1ccccc1)C(F)(F)F. The van der Waals surface area contributed by atoms with Crippen molar-refractivity contribution in [2.45, 2.75) is 49.5 Å². The summed E-state index contributed by atoms with van der Waals surface area (Å²) < 4.78 is 60.2. The van der Waals surface area contributed by atoms with E-state index in [2.05, 4.69) is 11.4 Å². The van der Waals surface area contributed by atoms with Crippen molar-refractivity contribution in [2.24, 2.45) is 5.41 Å². The zero-order valence-electron chi connectivity index (χ0n) is 21.6. The second-order valence-electron chi connectivity index (χ2n) is 10.5. The summed E-state index contributed by atoms with van der Waals surface area (Å²) in [6.45, 7) is 3.33. The van der Waals surface area contributed by atoms with Gasteiger partial charge in [-0.2, -0.15) is 13.2 Å². The molecule has 38 heavy (non-hydrogen) atoms. The molecule has 0 radical (unpaired) electrons. The van der Waals surface area contributed by atoms with Crippen LogP contribution in [0.15, 0.2) is 54.6 Å². The summed E-state index contributed by atoms with van der Waals surface area (Å²) in [5, 5.41) is 3.50. The van der Waals surface area contributed by atoms with Crippen LogP contribution in [0.1, 0.15) is 42.7 Å². The van der Waals surface area contributed by atoms with Crippen molar-refractivity contribution in [3.05, 3.63) is 65.7 Å². The van der Waals surface area contributed by atoms with Crippen LogP contribution in [0.3, 0.4) is 0 Å². The molecule has 1 N–H and O–H groups in total. The Morgan fingerprint density at radius 3 is 2.39 bits per heavy atom. The van der Waals surface area contributed by atoms with E-state index in [1.165, 1.54) is 29.2 Å². The number of alkyl halides is 3. The summed E-state index contributed by atoms with van der Waals surface area (Å²) in [6.07, 6.45) is -1.70. The first kappa shape index (κ1) is 27.0. The number of hydrogen-bond acceptors (Lipinski definition) is 5. The molecule has 0 saturated carbocycles. The maximum absolute atomic E-state index is 14.5. The molecule has 2 aromatic rings. The number of ether oxygens (including phenoxy) is 3. The van der Waals surface area contributed by atoms with Crippen LogP contribution in [0.4, 0.5) is 13.2 Å². The third kappa shape index (κ3) is 4.80. The number of para-hydroxylation sites is 1. The molecule has 1 spiro atoms. The van der Waals surface area contributed by atoms with Gasteiger partial charge in [0.2, 0.25) is 0 Å². The molecule has 0 bridgehead atoms. The Balaban J connectivity index is 1.37. The second kappa shape index (κ2) is 10.9. The first-order valence-electron chi connectivity index (χ1n) is 13.3. The van der Waals surface area contributed by atoms with Gasteiger partial charge in [-0.05, 0) is 42.9 Å². The lowest BCUT2D eigenvalue weighted by Crippen LogP contribution is -2.59. The van der Waals surface area contributed by atoms with E-state index in [-0.39, 0.29) is 36.1 Å². The highest BCUT2D eigenvalue weighted by molar-refractivity contribution is 5.88. The minimum Gasteiger partial charge on any atom is -0.491 e. The van der Waals surface area contributed by atoms with E-state index in [1.807, 2.05) is 18.2 Å². The van der Waals surface area contributed by atoms with Crippen molar-refractivity contribution in [3.63, 3.8) is 0 Å². The molecule has 0 aromatic heterocycles. The summed E-state index contributed by atoms with van der Waals surface area (Å²) in [5.41, 5.74) is -2.28. The fraction of sp³-hybridized carbons (Fsp3) is 0.552. The van der Waals surface area contributed by atoms with Crippen LogP contribution >= 0.6 is 0 Å². The Morgan fingerprint density at radius 2 is 1.76 bits per heavy atom. The van der Waals surface area contributed by atoms with Gasteiger partial charge in [0.15, 0.2) is 0 Å². The van der Waals surface area contributed by atoms with Crippen LogP contribution in [0, 0.1) is 5.41 Å². The lowest BCUT2D eigenvalue weighted by molar-refractivity contribution is -0.271. The number of nitrogens with one attached hydrogen (secondary N) is 1. The van der Waals surface area contributed by atoms with E-state index in [4.69, 9.17) is 14.2 Å². The molecule has 2 aromatic carbocycles. The molecule has 0 aliphatic carbocycles. The molecule has 1 amide bonds. The lowest BCUT2D eigenvalue weighted by atomic mass is 9.62. The Hall–Kier alpha value is -2.62. The topological polar surface area (TPSA) is 60.0 Å². The van der Waals surface area contributed by atoms with E-state index in [0.717, 1.165) is 51.0 Å². The minimum atomic E-state index is -4.91. The van der Waals surface area contributed by atoms with Gasteiger partial charge in [-0.25, -0.2) is 0 Å². The number of halogens is 3. The van der Waals surface area contributed by atoms with Crippen LogP contribution in [-0.4, -0.2) is 69.6 Å². The van der Waals surface area contributed by atoms with Gasteiger partial charge in [-0.3, -0.25) is 4.79 Å². The molecule has 5 rings (SSSR count). The lowest BCUT2D eigenvalue weighted by Gasteiger charge is -2.51. The number of carbonyl (C=O) groups is 1. The highest BCUT2D eigenvalue weighted by atomic mass is 19.4. The predicted octanol–water partition coefficient (Wildman–Crippen LogP) is 4.64. The summed E-state index contributed by atoms with van der Waals surface area (Å²) >= 11 is 0. The molecular formula is C29H35F3N2O4. The second-order valence-corrected chi connectivity index (χ2v) is 10.5. The molecule has 3 saturated heterocycles. The standard InChI is InChI=1S/C29H35F3N2O4/c1-36-28(29(30,31)32,21-7-3-2-4-8-21)26(35)34-16-13-27(14-17-34)12-15-33-19-24(27)23-9-5-6-10-25(23)38-20-22-11-18-37-22/h2-10,22,24,33H,11-20H2,1H3/t22?,24?,28-/m1/s1. The van der Waals surface area contributed by atoms with Gasteiger partial charge in [0.25, 0.3) is 11.5 Å². The molecule has 9 heteroatoms. The van der Waals surface area contributed by atoms with Crippen molar-refractivity contribution >= 4 is 5.91 Å². The smallest absolute Gasteiger partial charge is 0.430 e. The molecule has 6 nitrogen and oxygen atoms in total. The fourth-order valence-electron chi connectivity index (χ4n) is 6.29. The fourth-order valence-corrected chi connectivity index (χ4v) is 6.29. The maximum atomic E-state index is 14.5. The van der Waals surface area contributed by atoms with E-state index in [1.54, 1.807) is 6.07 Å². The zero-order chi connectivity index (χ0) is 26.8. The number of benzene rings is 2. The highest BCUT2D eigenvalue weighted by Crippen LogP contribution is 2.51. The van der Waals surface area contributed by atoms with Crippen LogP contribution in [0.5, 0.6) is 5.75 Å². The van der Waals surface area contributed by atoms with Gasteiger partial charge in [0.1, 0.15) is 12.4 Å². The van der Waals surface area contributed by atoms with E-state index < -0.39 is 17.7 Å². The molecule has 2 unspecified atom stereocenters. The van der Waals surface area contributed by atoms with Crippen molar-refractivity contribution in [2.75, 3.05) is 46.5 Å². The largest absolute Gasteiger partial charge is 0.491 e. The summed E-state index contributed by atoms with van der Waals surface area (Å²) in [4.78, 5) is 14.9. The number of methoxy groups -OCH3 is 1. The number of likely N-dealkylation sites (tertiary alicyclic amines) is 1. The quantitative estimate of drug-likeness (QED) is 0.563. The number of nitrogens with zero attached hydrogens (tertiary/aromatic N) is 1. The first-order valence-corrected chi connectivity index (χ1v) is 13.3. The van der Waals surface area contributed by atoms with Crippen molar-refractivity contribution in [1.29, 1.82) is 0 Å². The molecule has 3 atom stereocenters. The Bertz CT molecular complexity index is 1100. The molecule has 206 valence electrons. The first-order chi connectivity index (χ1) is 18.3. The van der Waals surface area contributed by atoms with Gasteiger partial charge in [0.05, 0.1) is 6.10 Å². The van der Waals surface area contributed by atoms with Gasteiger partial charge in [-0.15, -0.1) is 0 Å². The van der Waals surface area contributed by atoms with E-state index >= 15 is 0 Å². The van der Waals surface area contributed by atoms with Crippen LogP contribution in [0.2, 0.25) is 0 Å². The van der Waals surface area contributed by atoms with Crippen molar-refractivity contribution in [1.82, 2.24) is 10.2 Å². The average molecular weight is 533 g/mol. The highest BCUT2D eigenvalue weighted by Gasteiger charge is 2.64. The van der Waals surface area contributed by atoms with Gasteiger partial charge in [-0.1, -0.05) is 48.5 Å². The summed E-state index contributed by atoms with van der Waals surface area (Å²) in [6, 6.07) is 15.2. The monoisotopic (exact) mass is 532 g/mol. The Kier molecular flexibility index (Phi) is 7.71. The van der Waals surface area contributed by atoms with Crippen molar-refractivity contribution < 1.29 is 32.2 Å². The van der Waals surface area contributed by atoms with Crippen LogP contribution < -0.4 is 10.1 Å². The minimum absolute atomic E-state index is 0.120. The normalized spacial score (nSPS) is 24.9. The number of piperidine rings is 2. The van der Waals surface area contributed by atoms with Gasteiger partial charge in [0, 0.05) is 51.3 Å². The van der Waals surface area contributed by atoms with Crippen molar-refractivity contribution in [3.8, 4) is 5.75 Å². The maximum Gasteiger partial charge on any atom is 0.430 e. The summed E-state index contributed by atoms with van der Waals surface area (Å²) in [5.74, 6) is -0.103. The number of hydrogen-bond donors (Lipinski definition) is 1. The molecular weight excluding hydrogens is 497 g/mol. The summed E-state index contributed by atoms with van der Waals surface area (Å²) in [7, 11) is 0.957. The van der Waals surface area contributed by atoms with Crippen LogP contribution in [-0.2, 0) is 19.9 Å². The van der Waals surface area contributed by atoms with Crippen LogP contribution in [0.25, 0.3) is 0 Å².